The van der Waals surface area contributed by atoms with Gasteiger partial charge in [0.15, 0.2) is 6.61 Å². The molecule has 0 saturated heterocycles. The van der Waals surface area contributed by atoms with E-state index in [1.165, 1.54) is 19.3 Å². The summed E-state index contributed by atoms with van der Waals surface area (Å²) < 4.78 is 4.94. The lowest BCUT2D eigenvalue weighted by atomic mass is 9.60. The number of hydrogen-bond acceptors (Lipinski definition) is 3. The van der Waals surface area contributed by atoms with Crippen molar-refractivity contribution in [1.82, 2.24) is 0 Å². The summed E-state index contributed by atoms with van der Waals surface area (Å²) in [5.41, 5.74) is -0.453. The van der Waals surface area contributed by atoms with Crippen molar-refractivity contribution in [3.8, 4) is 0 Å². The fourth-order valence-electron chi connectivity index (χ4n) is 4.66. The number of fused-ring (bicyclic) bond motifs is 1. The highest BCUT2D eigenvalue weighted by atomic mass is 16.6. The molecule has 0 aromatic carbocycles. The molecule has 1 N–H and O–H groups in total. The summed E-state index contributed by atoms with van der Waals surface area (Å²) in [6.07, 6.45) is 5.58. The van der Waals surface area contributed by atoms with Gasteiger partial charge in [-0.3, -0.25) is 4.79 Å². The molecule has 0 heterocycles. The van der Waals surface area contributed by atoms with E-state index in [2.05, 4.69) is 0 Å². The zero-order valence-corrected chi connectivity index (χ0v) is 10.7. The van der Waals surface area contributed by atoms with Gasteiger partial charge in [0, 0.05) is 0 Å². The Morgan fingerprint density at radius 2 is 2.00 bits per heavy atom. The van der Waals surface area contributed by atoms with Gasteiger partial charge in [-0.2, -0.15) is 0 Å². The molecule has 5 unspecified atom stereocenters. The van der Waals surface area contributed by atoms with Crippen molar-refractivity contribution in [2.24, 2.45) is 29.1 Å². The van der Waals surface area contributed by atoms with E-state index < -0.39 is 18.0 Å². The van der Waals surface area contributed by atoms with Crippen LogP contribution in [0.3, 0.4) is 0 Å². The van der Waals surface area contributed by atoms with E-state index in [-0.39, 0.29) is 5.97 Å². The molecular formula is C14H20O4. The molecule has 0 amide bonds. The van der Waals surface area contributed by atoms with Crippen LogP contribution < -0.4 is 0 Å². The maximum Gasteiger partial charge on any atom is 0.341 e. The molecule has 2 bridgehead atoms. The topological polar surface area (TPSA) is 63.6 Å². The van der Waals surface area contributed by atoms with Crippen LogP contribution in [0.5, 0.6) is 0 Å². The maximum absolute atomic E-state index is 12.1. The highest BCUT2D eigenvalue weighted by Crippen LogP contribution is 2.62. The lowest BCUT2D eigenvalue weighted by Crippen LogP contribution is -2.41. The first-order valence-corrected chi connectivity index (χ1v) is 6.87. The first kappa shape index (κ1) is 12.0. The zero-order valence-electron chi connectivity index (χ0n) is 10.7. The first-order chi connectivity index (χ1) is 8.48. The Kier molecular flexibility index (Phi) is 2.65. The van der Waals surface area contributed by atoms with E-state index in [0.29, 0.717) is 11.8 Å². The number of carboxylic acids is 1. The number of carbonyl (C=O) groups excluding carboxylic acids is 1. The molecular weight excluding hydrogens is 232 g/mol. The van der Waals surface area contributed by atoms with Crippen LogP contribution in [0.4, 0.5) is 0 Å². The molecule has 0 aromatic heterocycles. The number of carboxylic acid groups (broad SMARTS) is 1. The smallest absolute Gasteiger partial charge is 0.341 e. The zero-order chi connectivity index (χ0) is 12.9. The highest BCUT2D eigenvalue weighted by Gasteiger charge is 2.55. The van der Waals surface area contributed by atoms with Crippen LogP contribution in [0.25, 0.3) is 0 Å². The van der Waals surface area contributed by atoms with Crippen LogP contribution in [0.15, 0.2) is 0 Å². The van der Waals surface area contributed by atoms with Gasteiger partial charge in [-0.15, -0.1) is 0 Å². The minimum absolute atomic E-state index is 0.305. The Hall–Kier alpha value is -1.06. The molecule has 5 atom stereocenters. The number of hydrogen-bond donors (Lipinski definition) is 1. The second kappa shape index (κ2) is 3.97. The van der Waals surface area contributed by atoms with E-state index in [1.54, 1.807) is 0 Å². The van der Waals surface area contributed by atoms with Gasteiger partial charge in [0.25, 0.3) is 0 Å². The van der Waals surface area contributed by atoms with Gasteiger partial charge in [-0.25, -0.2) is 4.79 Å². The monoisotopic (exact) mass is 252 g/mol. The van der Waals surface area contributed by atoms with Crippen molar-refractivity contribution in [1.29, 1.82) is 0 Å². The lowest BCUT2D eigenvalue weighted by Gasteiger charge is -2.44. The first-order valence-electron chi connectivity index (χ1n) is 6.87. The second-order valence-corrected chi connectivity index (χ2v) is 6.70. The van der Waals surface area contributed by atoms with Gasteiger partial charge < -0.3 is 9.84 Å². The molecule has 4 nitrogen and oxygen atoms in total. The Bertz CT molecular complexity index is 385. The van der Waals surface area contributed by atoms with Crippen molar-refractivity contribution in [3.05, 3.63) is 0 Å². The van der Waals surface area contributed by atoms with Gasteiger partial charge in [0.2, 0.25) is 0 Å². The summed E-state index contributed by atoms with van der Waals surface area (Å²) in [7, 11) is 0. The Morgan fingerprint density at radius 3 is 2.72 bits per heavy atom. The molecule has 3 aliphatic carbocycles. The van der Waals surface area contributed by atoms with Crippen LogP contribution in [0.2, 0.25) is 0 Å². The van der Waals surface area contributed by atoms with Crippen molar-refractivity contribution in [2.75, 3.05) is 6.61 Å². The average molecular weight is 252 g/mol. The standard InChI is InChI=1S/C14H20O4/c1-14(13(17)18-7-12(15)16)5-8-2-9-4-10(6-14)11(9)3-8/h8-11H,2-7H2,1H3,(H,15,16). The third-order valence-electron chi connectivity index (χ3n) is 5.33. The van der Waals surface area contributed by atoms with Crippen LogP contribution in [-0.2, 0) is 14.3 Å². The quantitative estimate of drug-likeness (QED) is 0.781. The predicted octanol–water partition coefficient (Wildman–Crippen LogP) is 2.08. The van der Waals surface area contributed by atoms with Crippen molar-refractivity contribution >= 4 is 11.9 Å². The maximum atomic E-state index is 12.1. The third kappa shape index (κ3) is 1.82. The third-order valence-corrected chi connectivity index (χ3v) is 5.33. The Balaban J connectivity index is 1.69. The largest absolute Gasteiger partial charge is 0.479 e. The van der Waals surface area contributed by atoms with Crippen molar-refractivity contribution < 1.29 is 19.4 Å². The molecule has 3 aliphatic rings. The average Bonchev–Trinajstić information content (AvgIpc) is 2.52. The molecule has 3 saturated carbocycles. The van der Waals surface area contributed by atoms with E-state index in [1.807, 2.05) is 6.92 Å². The van der Waals surface area contributed by atoms with E-state index >= 15 is 0 Å². The number of rotatable bonds is 3. The molecule has 18 heavy (non-hydrogen) atoms. The summed E-state index contributed by atoms with van der Waals surface area (Å²) in [6.45, 7) is 1.46. The molecule has 0 radical (unpaired) electrons. The van der Waals surface area contributed by atoms with Crippen molar-refractivity contribution in [2.45, 2.75) is 39.0 Å². The molecule has 3 fully saturated rings. The predicted molar refractivity (Wildman–Crippen MR) is 63.7 cm³/mol. The fourth-order valence-corrected chi connectivity index (χ4v) is 4.66. The molecule has 100 valence electrons. The molecule has 4 heteroatoms. The SMILES string of the molecule is CC1(C(=O)OCC(=O)O)CC2CC3CC(C1)C3C2. The lowest BCUT2D eigenvalue weighted by molar-refractivity contribution is -0.165. The number of aliphatic carboxylic acids is 1. The van der Waals surface area contributed by atoms with Crippen LogP contribution >= 0.6 is 0 Å². The van der Waals surface area contributed by atoms with Gasteiger partial charge in [0.1, 0.15) is 0 Å². The summed E-state index contributed by atoms with van der Waals surface area (Å²) in [5.74, 6) is 1.69. The fraction of sp³-hybridized carbons (Fsp3) is 0.857. The Morgan fingerprint density at radius 1 is 1.22 bits per heavy atom. The minimum Gasteiger partial charge on any atom is -0.479 e. The molecule has 0 aliphatic heterocycles. The summed E-state index contributed by atoms with van der Waals surface area (Å²) in [4.78, 5) is 22.6. The Labute approximate surface area is 107 Å². The summed E-state index contributed by atoms with van der Waals surface area (Å²) in [5, 5.41) is 8.59. The van der Waals surface area contributed by atoms with E-state index in [9.17, 15) is 9.59 Å². The molecule has 0 spiro atoms. The van der Waals surface area contributed by atoms with E-state index in [4.69, 9.17) is 9.84 Å². The van der Waals surface area contributed by atoms with Crippen molar-refractivity contribution in [3.63, 3.8) is 0 Å². The normalized spacial score (nSPS) is 44.9. The number of ether oxygens (including phenoxy) is 1. The summed E-state index contributed by atoms with van der Waals surface area (Å²) >= 11 is 0. The van der Waals surface area contributed by atoms with Gasteiger partial charge >= 0.3 is 11.9 Å². The van der Waals surface area contributed by atoms with Crippen LogP contribution in [-0.4, -0.2) is 23.7 Å². The van der Waals surface area contributed by atoms with Gasteiger partial charge in [-0.05, 0) is 62.7 Å². The minimum atomic E-state index is -1.08. The van der Waals surface area contributed by atoms with Gasteiger partial charge in [-0.1, -0.05) is 0 Å². The van der Waals surface area contributed by atoms with Crippen LogP contribution in [0.1, 0.15) is 39.0 Å². The molecule has 3 rings (SSSR count). The van der Waals surface area contributed by atoms with Gasteiger partial charge in [0.05, 0.1) is 5.41 Å². The summed E-state index contributed by atoms with van der Waals surface area (Å²) in [6, 6.07) is 0. The van der Waals surface area contributed by atoms with Crippen LogP contribution in [0, 0.1) is 29.1 Å². The van der Waals surface area contributed by atoms with E-state index in [0.717, 1.165) is 24.7 Å². The number of esters is 1. The molecule has 0 aromatic rings. The second-order valence-electron chi connectivity index (χ2n) is 6.70. The highest BCUT2D eigenvalue weighted by molar-refractivity contribution is 5.79. The number of carbonyl (C=O) groups is 2.